The molecule has 2 aliphatic rings. The van der Waals surface area contributed by atoms with Gasteiger partial charge in [-0.3, -0.25) is 9.59 Å². The number of nitrogens with one attached hydrogen (secondary N) is 2. The molecule has 0 aromatic carbocycles. The highest BCUT2D eigenvalue weighted by molar-refractivity contribution is 7.80. The van der Waals surface area contributed by atoms with Gasteiger partial charge in [0.05, 0.1) is 6.54 Å². The van der Waals surface area contributed by atoms with E-state index in [2.05, 4.69) is 15.6 Å². The number of thiocarbonyl (C=S) groups is 1. The Morgan fingerprint density at radius 3 is 2.78 bits per heavy atom. The predicted molar refractivity (Wildman–Crippen MR) is 111 cm³/mol. The van der Waals surface area contributed by atoms with E-state index in [9.17, 15) is 9.59 Å². The molecule has 9 heteroatoms. The first-order valence-electron chi connectivity index (χ1n) is 9.55. The molecule has 0 bridgehead atoms. The maximum absolute atomic E-state index is 13.0. The Balaban J connectivity index is 1.71. The van der Waals surface area contributed by atoms with E-state index in [1.165, 1.54) is 30.6 Å². The number of piperazine rings is 1. The molecule has 3 rings (SSSR count). The average molecular weight is 410 g/mol. The van der Waals surface area contributed by atoms with Crippen molar-refractivity contribution in [1.82, 2.24) is 20.1 Å². The van der Waals surface area contributed by atoms with Crippen LogP contribution in [0.3, 0.4) is 0 Å². The van der Waals surface area contributed by atoms with Gasteiger partial charge < -0.3 is 20.4 Å². The second kappa shape index (κ2) is 9.45. The number of hydrogen-bond acceptors (Lipinski definition) is 5. The van der Waals surface area contributed by atoms with Gasteiger partial charge in [-0.2, -0.15) is 0 Å². The first-order chi connectivity index (χ1) is 13.1. The highest BCUT2D eigenvalue weighted by Crippen LogP contribution is 2.29. The highest BCUT2D eigenvalue weighted by atomic mass is 32.1. The van der Waals surface area contributed by atoms with Crippen LogP contribution in [0.15, 0.2) is 11.6 Å². The fraction of sp³-hybridized carbons (Fsp3) is 0.667. The van der Waals surface area contributed by atoms with E-state index < -0.39 is 6.04 Å². The lowest BCUT2D eigenvalue weighted by molar-refractivity contribution is -0.142. The van der Waals surface area contributed by atoms with Gasteiger partial charge in [0.1, 0.15) is 6.04 Å². The zero-order valence-corrected chi connectivity index (χ0v) is 17.3. The Bertz CT molecular complexity index is 661. The van der Waals surface area contributed by atoms with Crippen molar-refractivity contribution in [3.63, 3.8) is 0 Å². The van der Waals surface area contributed by atoms with Crippen molar-refractivity contribution in [1.29, 1.82) is 0 Å². The summed E-state index contributed by atoms with van der Waals surface area (Å²) in [5.41, 5.74) is 0. The van der Waals surface area contributed by atoms with E-state index in [-0.39, 0.29) is 18.4 Å². The van der Waals surface area contributed by atoms with Crippen LogP contribution in [0.4, 0.5) is 5.13 Å². The smallest absolute Gasteiger partial charge is 0.248 e. The fourth-order valence-electron chi connectivity index (χ4n) is 3.94. The number of anilines is 1. The van der Waals surface area contributed by atoms with Gasteiger partial charge in [-0.15, -0.1) is 11.3 Å². The number of thiazole rings is 1. The SMILES string of the molecule is CNC(=S)N1CCN([C@@H](CC2CCCCC2)C(=O)Nc2nccs2)C(=O)C1. The van der Waals surface area contributed by atoms with Crippen molar-refractivity contribution in [2.75, 3.05) is 32.0 Å². The molecule has 1 saturated heterocycles. The molecule has 0 spiro atoms. The molecular weight excluding hydrogens is 382 g/mol. The zero-order chi connectivity index (χ0) is 19.2. The maximum Gasteiger partial charge on any atom is 0.248 e. The zero-order valence-electron chi connectivity index (χ0n) is 15.6. The van der Waals surface area contributed by atoms with Gasteiger partial charge in [0.15, 0.2) is 10.2 Å². The number of aromatic nitrogens is 1. The number of rotatable bonds is 5. The first kappa shape index (κ1) is 20.0. The molecule has 1 atom stereocenters. The third-order valence-electron chi connectivity index (χ3n) is 5.38. The molecule has 148 valence electrons. The molecule has 2 fully saturated rings. The molecule has 7 nitrogen and oxygen atoms in total. The van der Waals surface area contributed by atoms with E-state index in [0.29, 0.717) is 29.3 Å². The lowest BCUT2D eigenvalue weighted by atomic mass is 9.84. The van der Waals surface area contributed by atoms with Crippen LogP contribution >= 0.6 is 23.6 Å². The minimum atomic E-state index is -0.449. The van der Waals surface area contributed by atoms with E-state index in [1.807, 2.05) is 10.3 Å². The monoisotopic (exact) mass is 409 g/mol. The van der Waals surface area contributed by atoms with Crippen molar-refractivity contribution in [3.05, 3.63) is 11.6 Å². The van der Waals surface area contributed by atoms with Crippen molar-refractivity contribution in [2.45, 2.75) is 44.6 Å². The number of amides is 2. The Morgan fingerprint density at radius 2 is 2.15 bits per heavy atom. The van der Waals surface area contributed by atoms with Gasteiger partial charge >= 0.3 is 0 Å². The lowest BCUT2D eigenvalue weighted by Gasteiger charge is -2.40. The number of nitrogens with zero attached hydrogens (tertiary/aromatic N) is 3. The maximum atomic E-state index is 13.0. The molecule has 27 heavy (non-hydrogen) atoms. The summed E-state index contributed by atoms with van der Waals surface area (Å²) in [6, 6.07) is -0.449. The van der Waals surface area contributed by atoms with Gasteiger partial charge in [-0.25, -0.2) is 4.98 Å². The molecule has 2 N–H and O–H groups in total. The summed E-state index contributed by atoms with van der Waals surface area (Å²) in [4.78, 5) is 33.6. The lowest BCUT2D eigenvalue weighted by Crippen LogP contribution is -2.59. The second-order valence-corrected chi connectivity index (χ2v) is 8.43. The largest absolute Gasteiger partial charge is 0.366 e. The second-order valence-electron chi connectivity index (χ2n) is 7.15. The summed E-state index contributed by atoms with van der Waals surface area (Å²) < 4.78 is 0. The molecule has 1 saturated carbocycles. The van der Waals surface area contributed by atoms with Crippen molar-refractivity contribution >= 4 is 45.6 Å². The van der Waals surface area contributed by atoms with Crippen LogP contribution < -0.4 is 10.6 Å². The minimum absolute atomic E-state index is 0.0473. The fourth-order valence-corrected chi connectivity index (χ4v) is 4.62. The Hall–Kier alpha value is -1.74. The third kappa shape index (κ3) is 5.16. The van der Waals surface area contributed by atoms with Gasteiger partial charge in [0.25, 0.3) is 0 Å². The highest BCUT2D eigenvalue weighted by Gasteiger charge is 2.36. The van der Waals surface area contributed by atoms with Crippen LogP contribution in [0, 0.1) is 5.92 Å². The van der Waals surface area contributed by atoms with E-state index in [0.717, 1.165) is 19.3 Å². The van der Waals surface area contributed by atoms with Crippen LogP contribution in [0.25, 0.3) is 0 Å². The molecule has 0 radical (unpaired) electrons. The van der Waals surface area contributed by atoms with Crippen molar-refractivity contribution in [3.8, 4) is 0 Å². The van der Waals surface area contributed by atoms with Crippen LogP contribution in [-0.2, 0) is 9.59 Å². The van der Waals surface area contributed by atoms with Crippen LogP contribution in [-0.4, -0.2) is 64.4 Å². The van der Waals surface area contributed by atoms with E-state index in [4.69, 9.17) is 12.2 Å². The summed E-state index contributed by atoms with van der Waals surface area (Å²) in [6.07, 6.45) is 8.36. The molecule has 2 amide bonds. The summed E-state index contributed by atoms with van der Waals surface area (Å²) in [6.45, 7) is 1.35. The summed E-state index contributed by atoms with van der Waals surface area (Å²) in [5, 5.41) is 8.79. The summed E-state index contributed by atoms with van der Waals surface area (Å²) in [5.74, 6) is 0.317. The van der Waals surface area contributed by atoms with Crippen molar-refractivity contribution in [2.24, 2.45) is 5.92 Å². The molecule has 1 aromatic heterocycles. The van der Waals surface area contributed by atoms with E-state index in [1.54, 1.807) is 18.1 Å². The molecule has 0 unspecified atom stereocenters. The molecule has 1 aromatic rings. The van der Waals surface area contributed by atoms with Crippen LogP contribution in [0.2, 0.25) is 0 Å². The van der Waals surface area contributed by atoms with Gasteiger partial charge in [-0.1, -0.05) is 32.1 Å². The molecule has 1 aliphatic heterocycles. The van der Waals surface area contributed by atoms with E-state index >= 15 is 0 Å². The quantitative estimate of drug-likeness (QED) is 0.725. The Kier molecular flexibility index (Phi) is 7.01. The topological polar surface area (TPSA) is 77.6 Å². The standard InChI is InChI=1S/C18H27N5O2S2/c1-19-18(26)22-8-9-23(15(24)12-22)14(11-13-5-3-2-4-6-13)16(25)21-17-20-7-10-27-17/h7,10,13-14H,2-6,8-9,11-12H2,1H3,(H,19,26)(H,20,21,25)/t14-/m0/s1. The van der Waals surface area contributed by atoms with Crippen LogP contribution in [0.1, 0.15) is 38.5 Å². The predicted octanol–water partition coefficient (Wildman–Crippen LogP) is 2.07. The number of carbonyl (C=O) groups excluding carboxylic acids is 2. The Morgan fingerprint density at radius 1 is 1.37 bits per heavy atom. The molecular formula is C18H27N5O2S2. The van der Waals surface area contributed by atoms with Gasteiger partial charge in [0, 0.05) is 31.7 Å². The van der Waals surface area contributed by atoms with Gasteiger partial charge in [0.2, 0.25) is 11.8 Å². The number of carbonyl (C=O) groups is 2. The van der Waals surface area contributed by atoms with Crippen molar-refractivity contribution < 1.29 is 9.59 Å². The normalized spacial score (nSPS) is 19.7. The third-order valence-corrected chi connectivity index (χ3v) is 6.53. The average Bonchev–Trinajstić information content (AvgIpc) is 3.19. The molecule has 1 aliphatic carbocycles. The summed E-state index contributed by atoms with van der Waals surface area (Å²) >= 11 is 6.64. The minimum Gasteiger partial charge on any atom is -0.366 e. The Labute approximate surface area is 169 Å². The van der Waals surface area contributed by atoms with Gasteiger partial charge in [-0.05, 0) is 24.6 Å². The first-order valence-corrected chi connectivity index (χ1v) is 10.8. The molecule has 2 heterocycles. The number of hydrogen-bond donors (Lipinski definition) is 2. The van der Waals surface area contributed by atoms with Crippen LogP contribution in [0.5, 0.6) is 0 Å². The summed E-state index contributed by atoms with van der Waals surface area (Å²) in [7, 11) is 1.76.